The second-order valence-corrected chi connectivity index (χ2v) is 4.87. The van der Waals surface area contributed by atoms with E-state index in [0.29, 0.717) is 5.41 Å². The molecule has 1 aromatic carbocycles. The molecule has 0 spiro atoms. The Morgan fingerprint density at radius 1 is 1.13 bits per heavy atom. The van der Waals surface area contributed by atoms with Crippen molar-refractivity contribution in [1.82, 2.24) is 0 Å². The van der Waals surface area contributed by atoms with Gasteiger partial charge in [-0.15, -0.1) is 0 Å². The van der Waals surface area contributed by atoms with Crippen molar-refractivity contribution in [3.05, 3.63) is 35.4 Å². The van der Waals surface area contributed by atoms with Crippen LogP contribution in [0.2, 0.25) is 0 Å². The van der Waals surface area contributed by atoms with Gasteiger partial charge in [-0.3, -0.25) is 0 Å². The number of alkyl halides is 1. The standard InChI is InChI=1S/C14H17F/c1-14(2,3)11-13-8-6-12(7-9-13)5-4-10-15/h6-9H,10-11H2,1-3H3. The third-order valence-corrected chi connectivity index (χ3v) is 1.99. The summed E-state index contributed by atoms with van der Waals surface area (Å²) in [5.41, 5.74) is 2.48. The maximum atomic E-state index is 11.8. The first kappa shape index (κ1) is 11.8. The van der Waals surface area contributed by atoms with E-state index in [1.54, 1.807) is 0 Å². The van der Waals surface area contributed by atoms with E-state index in [0.717, 1.165) is 12.0 Å². The predicted octanol–water partition coefficient (Wildman–Crippen LogP) is 3.60. The van der Waals surface area contributed by atoms with Crippen molar-refractivity contribution in [3.63, 3.8) is 0 Å². The van der Waals surface area contributed by atoms with Crippen LogP contribution in [0.25, 0.3) is 0 Å². The molecule has 15 heavy (non-hydrogen) atoms. The first-order valence-corrected chi connectivity index (χ1v) is 5.15. The quantitative estimate of drug-likeness (QED) is 0.613. The smallest absolute Gasteiger partial charge is 0.150 e. The van der Waals surface area contributed by atoms with E-state index < -0.39 is 6.67 Å². The van der Waals surface area contributed by atoms with E-state index in [2.05, 4.69) is 44.7 Å². The minimum atomic E-state index is -0.580. The van der Waals surface area contributed by atoms with Crippen molar-refractivity contribution in [2.24, 2.45) is 5.41 Å². The van der Waals surface area contributed by atoms with Gasteiger partial charge >= 0.3 is 0 Å². The molecule has 80 valence electrons. The zero-order chi connectivity index (χ0) is 11.3. The fourth-order valence-corrected chi connectivity index (χ4v) is 1.45. The van der Waals surface area contributed by atoms with Gasteiger partial charge in [-0.05, 0) is 29.5 Å². The van der Waals surface area contributed by atoms with Crippen LogP contribution in [0.4, 0.5) is 4.39 Å². The van der Waals surface area contributed by atoms with Crippen molar-refractivity contribution < 1.29 is 4.39 Å². The molecule has 1 heteroatoms. The Morgan fingerprint density at radius 2 is 1.73 bits per heavy atom. The average Bonchev–Trinajstić information content (AvgIpc) is 2.14. The highest BCUT2D eigenvalue weighted by molar-refractivity contribution is 5.36. The predicted molar refractivity (Wildman–Crippen MR) is 62.5 cm³/mol. The minimum absolute atomic E-state index is 0.298. The highest BCUT2D eigenvalue weighted by Crippen LogP contribution is 2.20. The molecule has 0 amide bonds. The summed E-state index contributed by atoms with van der Waals surface area (Å²) in [5, 5.41) is 0. The molecule has 0 fully saturated rings. The SMILES string of the molecule is CC(C)(C)Cc1ccc(C#CCF)cc1. The van der Waals surface area contributed by atoms with Crippen molar-refractivity contribution >= 4 is 0 Å². The Morgan fingerprint density at radius 3 is 2.20 bits per heavy atom. The summed E-state index contributed by atoms with van der Waals surface area (Å²) in [5.74, 6) is 5.17. The van der Waals surface area contributed by atoms with Crippen LogP contribution >= 0.6 is 0 Å². The lowest BCUT2D eigenvalue weighted by molar-refractivity contribution is 0.411. The number of hydrogen-bond acceptors (Lipinski definition) is 0. The van der Waals surface area contributed by atoms with Gasteiger partial charge in [-0.2, -0.15) is 0 Å². The number of benzene rings is 1. The van der Waals surface area contributed by atoms with Crippen LogP contribution in [0.3, 0.4) is 0 Å². The van der Waals surface area contributed by atoms with Gasteiger partial charge in [-0.25, -0.2) is 4.39 Å². The summed E-state index contributed by atoms with van der Waals surface area (Å²) in [6, 6.07) is 8.02. The Hall–Kier alpha value is -1.29. The van der Waals surface area contributed by atoms with Gasteiger partial charge in [0.25, 0.3) is 0 Å². The van der Waals surface area contributed by atoms with Crippen molar-refractivity contribution in [3.8, 4) is 11.8 Å². The maximum absolute atomic E-state index is 11.8. The fraction of sp³-hybridized carbons (Fsp3) is 0.429. The van der Waals surface area contributed by atoms with Gasteiger partial charge in [-0.1, -0.05) is 44.7 Å². The highest BCUT2D eigenvalue weighted by atomic mass is 19.1. The molecule has 0 radical (unpaired) electrons. The summed E-state index contributed by atoms with van der Waals surface area (Å²) < 4.78 is 11.8. The number of hydrogen-bond donors (Lipinski definition) is 0. The number of halogens is 1. The van der Waals surface area contributed by atoms with Gasteiger partial charge in [0.2, 0.25) is 0 Å². The molecular weight excluding hydrogens is 187 g/mol. The lowest BCUT2D eigenvalue weighted by atomic mass is 9.88. The van der Waals surface area contributed by atoms with Crippen LogP contribution in [0.15, 0.2) is 24.3 Å². The molecule has 0 aromatic heterocycles. The second-order valence-electron chi connectivity index (χ2n) is 4.87. The molecule has 0 heterocycles. The topological polar surface area (TPSA) is 0 Å². The Bertz CT molecular complexity index is 357. The van der Waals surface area contributed by atoms with Gasteiger partial charge in [0.1, 0.15) is 0 Å². The molecule has 0 nitrogen and oxygen atoms in total. The maximum Gasteiger partial charge on any atom is 0.150 e. The lowest BCUT2D eigenvalue weighted by Gasteiger charge is -2.17. The first-order chi connectivity index (χ1) is 7.01. The minimum Gasteiger partial charge on any atom is -0.237 e. The second kappa shape index (κ2) is 4.98. The van der Waals surface area contributed by atoms with Crippen LogP contribution in [-0.2, 0) is 6.42 Å². The summed E-state index contributed by atoms with van der Waals surface area (Å²) in [4.78, 5) is 0. The molecule has 0 aliphatic carbocycles. The third kappa shape index (κ3) is 4.65. The van der Waals surface area contributed by atoms with Crippen molar-refractivity contribution in [2.45, 2.75) is 27.2 Å². The molecule has 1 aromatic rings. The monoisotopic (exact) mass is 204 g/mol. The van der Waals surface area contributed by atoms with Crippen LogP contribution in [0.1, 0.15) is 31.9 Å². The summed E-state index contributed by atoms with van der Waals surface area (Å²) in [7, 11) is 0. The first-order valence-electron chi connectivity index (χ1n) is 5.15. The van der Waals surface area contributed by atoms with E-state index >= 15 is 0 Å². The van der Waals surface area contributed by atoms with Gasteiger partial charge in [0, 0.05) is 5.56 Å². The van der Waals surface area contributed by atoms with Crippen LogP contribution < -0.4 is 0 Å². The summed E-state index contributed by atoms with van der Waals surface area (Å²) in [6.45, 7) is 6.06. The summed E-state index contributed by atoms with van der Waals surface area (Å²) in [6.07, 6.45) is 1.05. The van der Waals surface area contributed by atoms with E-state index in [1.165, 1.54) is 5.56 Å². The Labute approximate surface area is 91.5 Å². The third-order valence-electron chi connectivity index (χ3n) is 1.99. The van der Waals surface area contributed by atoms with Crippen molar-refractivity contribution in [1.29, 1.82) is 0 Å². The van der Waals surface area contributed by atoms with Crippen molar-refractivity contribution in [2.75, 3.05) is 6.67 Å². The normalized spacial score (nSPS) is 10.7. The Kier molecular flexibility index (Phi) is 3.91. The molecule has 1 rings (SSSR count). The molecule has 0 saturated heterocycles. The lowest BCUT2D eigenvalue weighted by Crippen LogP contribution is -2.08. The molecule has 0 N–H and O–H groups in total. The zero-order valence-electron chi connectivity index (χ0n) is 9.60. The van der Waals surface area contributed by atoms with Crippen LogP contribution in [-0.4, -0.2) is 6.67 Å². The van der Waals surface area contributed by atoms with Crippen LogP contribution in [0.5, 0.6) is 0 Å². The van der Waals surface area contributed by atoms with Gasteiger partial charge in [0.15, 0.2) is 6.67 Å². The molecule has 0 aliphatic rings. The van der Waals surface area contributed by atoms with Gasteiger partial charge in [0.05, 0.1) is 0 Å². The summed E-state index contributed by atoms with van der Waals surface area (Å²) >= 11 is 0. The Balaban J connectivity index is 2.73. The van der Waals surface area contributed by atoms with E-state index in [-0.39, 0.29) is 0 Å². The molecule has 0 unspecified atom stereocenters. The average molecular weight is 204 g/mol. The molecule has 0 bridgehead atoms. The molecular formula is C14H17F. The van der Waals surface area contributed by atoms with Gasteiger partial charge < -0.3 is 0 Å². The highest BCUT2D eigenvalue weighted by Gasteiger charge is 2.10. The molecule has 0 atom stereocenters. The van der Waals surface area contributed by atoms with E-state index in [4.69, 9.17) is 0 Å². The molecule has 0 aliphatic heterocycles. The van der Waals surface area contributed by atoms with Crippen LogP contribution in [0, 0.1) is 17.3 Å². The fourth-order valence-electron chi connectivity index (χ4n) is 1.45. The molecule has 0 saturated carbocycles. The van der Waals surface area contributed by atoms with E-state index in [9.17, 15) is 4.39 Å². The largest absolute Gasteiger partial charge is 0.237 e. The zero-order valence-corrected chi connectivity index (χ0v) is 9.60. The number of rotatable bonds is 1. The van der Waals surface area contributed by atoms with E-state index in [1.807, 2.05) is 12.1 Å².